The largest absolute Gasteiger partial charge is 0.368 e. The van der Waals surface area contributed by atoms with Crippen LogP contribution in [-0.2, 0) is 0 Å². The topological polar surface area (TPSA) is 6.48 Å². The van der Waals surface area contributed by atoms with Crippen LogP contribution in [0.2, 0.25) is 0 Å². The minimum Gasteiger partial charge on any atom is -0.368 e. The Bertz CT molecular complexity index is 449. The molecule has 1 heterocycles. The number of hydrogen-bond donors (Lipinski definition) is 0. The lowest BCUT2D eigenvalue weighted by Gasteiger charge is -2.53. The first-order valence-electron chi connectivity index (χ1n) is 9.34. The van der Waals surface area contributed by atoms with Crippen molar-refractivity contribution in [3.8, 4) is 0 Å². The Morgan fingerprint density at radius 1 is 0.818 bits per heavy atom. The molecule has 1 aliphatic rings. The molecule has 0 amide bonds. The highest BCUT2D eigenvalue weighted by Gasteiger charge is 2.41. The molecule has 0 atom stereocenters. The summed E-state index contributed by atoms with van der Waals surface area (Å²) >= 11 is 0. The van der Waals surface area contributed by atoms with Crippen LogP contribution in [0.4, 0.5) is 11.4 Å². The normalized spacial score (nSPS) is 16.7. The average molecular weight is 303 g/mol. The molecule has 1 aromatic carbocycles. The molecule has 22 heavy (non-hydrogen) atoms. The van der Waals surface area contributed by atoms with Gasteiger partial charge in [0.25, 0.3) is 0 Å². The number of benzene rings is 1. The van der Waals surface area contributed by atoms with Gasteiger partial charge in [0.1, 0.15) is 0 Å². The summed E-state index contributed by atoms with van der Waals surface area (Å²) in [6.45, 7) is 12.8. The Kier molecular flexibility index (Phi) is 6.16. The molecule has 0 unspecified atom stereocenters. The summed E-state index contributed by atoms with van der Waals surface area (Å²) in [5, 5.41) is 0. The molecule has 0 spiro atoms. The molecular formula is C20H34N2. The van der Waals surface area contributed by atoms with Crippen molar-refractivity contribution in [3.05, 3.63) is 24.3 Å². The Morgan fingerprint density at radius 3 is 1.95 bits per heavy atom. The summed E-state index contributed by atoms with van der Waals surface area (Å²) in [6.07, 6.45) is 7.57. The Balaban J connectivity index is 2.48. The molecule has 2 heteroatoms. The standard InChI is InChI=1S/C20H34N2/c1-5-13-20(14-6-2)17-21(15-7-3)18-11-9-10-12-19(18)22(20)16-8-4/h9-12H,5-8,13-17H2,1-4H3. The summed E-state index contributed by atoms with van der Waals surface area (Å²) in [4.78, 5) is 5.40. The smallest absolute Gasteiger partial charge is 0.0609 e. The van der Waals surface area contributed by atoms with Gasteiger partial charge in [-0.25, -0.2) is 0 Å². The lowest BCUT2D eigenvalue weighted by atomic mass is 9.83. The van der Waals surface area contributed by atoms with Crippen LogP contribution < -0.4 is 9.80 Å². The van der Waals surface area contributed by atoms with Gasteiger partial charge in [0.2, 0.25) is 0 Å². The third kappa shape index (κ3) is 3.26. The molecule has 0 bridgehead atoms. The lowest BCUT2D eigenvalue weighted by Crippen LogP contribution is -2.60. The van der Waals surface area contributed by atoms with Gasteiger partial charge in [-0.2, -0.15) is 0 Å². The van der Waals surface area contributed by atoms with E-state index in [1.54, 1.807) is 0 Å². The van der Waals surface area contributed by atoms with Gasteiger partial charge in [-0.3, -0.25) is 0 Å². The van der Waals surface area contributed by atoms with E-state index >= 15 is 0 Å². The predicted molar refractivity (Wildman–Crippen MR) is 99.1 cm³/mol. The van der Waals surface area contributed by atoms with E-state index in [2.05, 4.69) is 61.8 Å². The number of anilines is 2. The van der Waals surface area contributed by atoms with Gasteiger partial charge in [-0.15, -0.1) is 0 Å². The van der Waals surface area contributed by atoms with E-state index in [-0.39, 0.29) is 0 Å². The number of hydrogen-bond acceptors (Lipinski definition) is 2. The van der Waals surface area contributed by atoms with Crippen molar-refractivity contribution in [2.24, 2.45) is 0 Å². The number of nitrogens with zero attached hydrogens (tertiary/aromatic N) is 2. The third-order valence-electron chi connectivity index (χ3n) is 4.94. The van der Waals surface area contributed by atoms with E-state index in [0.29, 0.717) is 5.54 Å². The Hall–Kier alpha value is -1.18. The molecule has 0 aliphatic carbocycles. The van der Waals surface area contributed by atoms with Crippen molar-refractivity contribution < 1.29 is 0 Å². The summed E-state index contributed by atoms with van der Waals surface area (Å²) in [5.74, 6) is 0. The summed E-state index contributed by atoms with van der Waals surface area (Å²) in [6, 6.07) is 9.06. The van der Waals surface area contributed by atoms with E-state index < -0.39 is 0 Å². The quantitative estimate of drug-likeness (QED) is 0.628. The second-order valence-electron chi connectivity index (χ2n) is 6.79. The van der Waals surface area contributed by atoms with Crippen LogP contribution in [0.3, 0.4) is 0 Å². The van der Waals surface area contributed by atoms with Crippen LogP contribution in [0.15, 0.2) is 24.3 Å². The fraction of sp³-hybridized carbons (Fsp3) is 0.700. The molecule has 2 rings (SSSR count). The minimum absolute atomic E-state index is 0.322. The first-order valence-corrected chi connectivity index (χ1v) is 9.34. The molecule has 0 saturated heterocycles. The summed E-state index contributed by atoms with van der Waals surface area (Å²) in [7, 11) is 0. The van der Waals surface area contributed by atoms with E-state index in [1.807, 2.05) is 0 Å². The van der Waals surface area contributed by atoms with Crippen molar-refractivity contribution in [2.45, 2.75) is 71.8 Å². The predicted octanol–water partition coefficient (Wildman–Crippen LogP) is 5.47. The molecule has 0 aromatic heterocycles. The van der Waals surface area contributed by atoms with E-state index in [1.165, 1.54) is 69.5 Å². The molecule has 124 valence electrons. The zero-order valence-corrected chi connectivity index (χ0v) is 15.1. The molecular weight excluding hydrogens is 268 g/mol. The Morgan fingerprint density at radius 2 is 1.41 bits per heavy atom. The van der Waals surface area contributed by atoms with Crippen molar-refractivity contribution in [1.29, 1.82) is 0 Å². The van der Waals surface area contributed by atoms with Gasteiger partial charge >= 0.3 is 0 Å². The number of para-hydroxylation sites is 2. The Labute approximate surface area is 137 Å². The highest BCUT2D eigenvalue weighted by Crippen LogP contribution is 2.43. The van der Waals surface area contributed by atoms with Crippen LogP contribution in [-0.4, -0.2) is 25.2 Å². The highest BCUT2D eigenvalue weighted by molar-refractivity contribution is 5.75. The van der Waals surface area contributed by atoms with Crippen molar-refractivity contribution in [3.63, 3.8) is 0 Å². The molecule has 0 radical (unpaired) electrons. The fourth-order valence-electron chi connectivity index (χ4n) is 4.28. The van der Waals surface area contributed by atoms with Crippen LogP contribution in [0.1, 0.15) is 66.2 Å². The minimum atomic E-state index is 0.322. The van der Waals surface area contributed by atoms with E-state index in [0.717, 1.165) is 0 Å². The summed E-state index contributed by atoms with van der Waals surface area (Å²) < 4.78 is 0. The number of fused-ring (bicyclic) bond motifs is 1. The maximum absolute atomic E-state index is 2.75. The zero-order valence-electron chi connectivity index (χ0n) is 15.1. The summed E-state index contributed by atoms with van der Waals surface area (Å²) in [5.41, 5.74) is 3.23. The first kappa shape index (κ1) is 17.2. The van der Waals surface area contributed by atoms with Crippen molar-refractivity contribution in [2.75, 3.05) is 29.4 Å². The molecule has 0 N–H and O–H groups in total. The van der Waals surface area contributed by atoms with Crippen molar-refractivity contribution in [1.82, 2.24) is 0 Å². The van der Waals surface area contributed by atoms with Gasteiger partial charge in [0.15, 0.2) is 0 Å². The van der Waals surface area contributed by atoms with Crippen LogP contribution in [0, 0.1) is 0 Å². The van der Waals surface area contributed by atoms with Crippen LogP contribution >= 0.6 is 0 Å². The third-order valence-corrected chi connectivity index (χ3v) is 4.94. The lowest BCUT2D eigenvalue weighted by molar-refractivity contribution is 0.316. The number of rotatable bonds is 8. The molecule has 2 nitrogen and oxygen atoms in total. The molecule has 0 fully saturated rings. The SMILES string of the molecule is CCCN1CC(CCC)(CCC)N(CCC)c2ccccc21. The van der Waals surface area contributed by atoms with Gasteiger partial charge in [0, 0.05) is 19.6 Å². The maximum Gasteiger partial charge on any atom is 0.0609 e. The average Bonchev–Trinajstić information content (AvgIpc) is 2.52. The van der Waals surface area contributed by atoms with Crippen molar-refractivity contribution >= 4 is 11.4 Å². The van der Waals surface area contributed by atoms with Crippen LogP contribution in [0.5, 0.6) is 0 Å². The van der Waals surface area contributed by atoms with Gasteiger partial charge in [-0.1, -0.05) is 52.7 Å². The molecule has 0 saturated carbocycles. The maximum atomic E-state index is 2.75. The monoisotopic (exact) mass is 302 g/mol. The fourth-order valence-corrected chi connectivity index (χ4v) is 4.28. The zero-order chi connectivity index (χ0) is 16.0. The van der Waals surface area contributed by atoms with E-state index in [9.17, 15) is 0 Å². The van der Waals surface area contributed by atoms with E-state index in [4.69, 9.17) is 0 Å². The van der Waals surface area contributed by atoms with Crippen LogP contribution in [0.25, 0.3) is 0 Å². The second-order valence-corrected chi connectivity index (χ2v) is 6.79. The first-order chi connectivity index (χ1) is 10.7. The molecule has 1 aromatic rings. The highest BCUT2D eigenvalue weighted by atomic mass is 15.3. The van der Waals surface area contributed by atoms with Gasteiger partial charge in [-0.05, 0) is 37.8 Å². The second kappa shape index (κ2) is 7.89. The molecule has 1 aliphatic heterocycles. The van der Waals surface area contributed by atoms with Gasteiger partial charge in [0.05, 0.1) is 16.9 Å². The van der Waals surface area contributed by atoms with Gasteiger partial charge < -0.3 is 9.80 Å².